The number of nitrogens with one attached hydrogen (secondary N) is 1. The number of nitrogens with two attached hydrogens (primary N) is 1. The Hall–Kier alpha value is -0.800. The summed E-state index contributed by atoms with van der Waals surface area (Å²) in [6.45, 7) is 4.69. The number of hydrogen-bond acceptors (Lipinski definition) is 2. The molecule has 3 unspecified atom stereocenters. The molecule has 0 aromatic heterocycles. The van der Waals surface area contributed by atoms with Gasteiger partial charge in [0.05, 0.1) is 11.4 Å². The Balaban J connectivity index is 1.68. The summed E-state index contributed by atoms with van der Waals surface area (Å²) in [6.07, 6.45) is 11.6. The predicted molar refractivity (Wildman–Crippen MR) is 87.8 cm³/mol. The maximum atomic E-state index is 10.3. The van der Waals surface area contributed by atoms with E-state index in [4.69, 9.17) is 11.5 Å². The Kier molecular flexibility index (Phi) is 2.95. The average Bonchev–Trinajstić information content (AvgIpc) is 2.76. The highest BCUT2D eigenvalue weighted by Crippen LogP contribution is 2.64. The highest BCUT2D eigenvalue weighted by atomic mass is 16.3. The van der Waals surface area contributed by atoms with E-state index in [0.717, 1.165) is 38.5 Å². The quantitative estimate of drug-likeness (QED) is 0.665. The monoisotopic (exact) mass is 301 g/mol. The lowest BCUT2D eigenvalue weighted by molar-refractivity contribution is -0.0342. The van der Waals surface area contributed by atoms with Crippen LogP contribution in [0.2, 0.25) is 0 Å². The van der Waals surface area contributed by atoms with Crippen LogP contribution in [0.3, 0.4) is 0 Å². The zero-order chi connectivity index (χ0) is 15.8. The van der Waals surface area contributed by atoms with Gasteiger partial charge in [-0.25, -0.2) is 5.73 Å². The molecule has 2 fully saturated rings. The van der Waals surface area contributed by atoms with Crippen LogP contribution in [0.25, 0.3) is 0 Å². The molecule has 4 aliphatic rings. The van der Waals surface area contributed by atoms with E-state index in [1.54, 1.807) is 0 Å². The molecule has 0 heterocycles. The zero-order valence-corrected chi connectivity index (χ0v) is 13.9. The van der Waals surface area contributed by atoms with Gasteiger partial charge < -0.3 is 10.8 Å². The van der Waals surface area contributed by atoms with Crippen molar-refractivity contribution in [3.05, 3.63) is 23.5 Å². The molecule has 22 heavy (non-hydrogen) atoms. The summed E-state index contributed by atoms with van der Waals surface area (Å²) in [6, 6.07) is 0. The highest BCUT2D eigenvalue weighted by molar-refractivity contribution is 5.29. The van der Waals surface area contributed by atoms with E-state index in [0.29, 0.717) is 23.5 Å². The van der Waals surface area contributed by atoms with Gasteiger partial charge in [-0.3, -0.25) is 0 Å². The molecular weight excluding hydrogens is 272 g/mol. The molecule has 4 aliphatic carbocycles. The number of hydrogen-bond donors (Lipinski definition) is 2. The van der Waals surface area contributed by atoms with Crippen LogP contribution >= 0.6 is 0 Å². The smallest absolute Gasteiger partial charge is 0.0944 e. The number of fused-ring (bicyclic) bond motifs is 5. The minimum absolute atomic E-state index is 0.0184. The average molecular weight is 301 g/mol. The highest BCUT2D eigenvalue weighted by Gasteiger charge is 2.57. The molecule has 0 aliphatic heterocycles. The normalized spacial score (nSPS) is 49.5. The first kappa shape index (κ1) is 14.8. The first-order valence-electron chi connectivity index (χ1n) is 8.89. The molecule has 0 bridgehead atoms. The summed E-state index contributed by atoms with van der Waals surface area (Å²) in [5.41, 5.74) is 15.3. The SMILES string of the molecule is C[C@]12CC[C@]([NH])(N)CC1=CCC1C2CC[C@]2(C)C(O)=CCC12. The van der Waals surface area contributed by atoms with Crippen LogP contribution < -0.4 is 11.5 Å². The summed E-state index contributed by atoms with van der Waals surface area (Å²) in [7, 11) is 0. The van der Waals surface area contributed by atoms with Gasteiger partial charge in [-0.2, -0.15) is 0 Å². The molecule has 0 amide bonds. The molecular formula is C19H29N2O. The van der Waals surface area contributed by atoms with Crippen LogP contribution in [0.4, 0.5) is 0 Å². The molecule has 3 nitrogen and oxygen atoms in total. The molecule has 1 radical (unpaired) electrons. The van der Waals surface area contributed by atoms with Crippen molar-refractivity contribution in [3.8, 4) is 0 Å². The molecule has 121 valence electrons. The topological polar surface area (TPSA) is 70.0 Å². The van der Waals surface area contributed by atoms with Gasteiger partial charge in [0.2, 0.25) is 0 Å². The fourth-order valence-electron chi connectivity index (χ4n) is 6.23. The van der Waals surface area contributed by atoms with Gasteiger partial charge in [-0.1, -0.05) is 25.5 Å². The maximum absolute atomic E-state index is 10.3. The van der Waals surface area contributed by atoms with Gasteiger partial charge in [-0.15, -0.1) is 0 Å². The number of allylic oxidation sites excluding steroid dienone is 3. The largest absolute Gasteiger partial charge is 0.512 e. The minimum atomic E-state index is -0.755. The van der Waals surface area contributed by atoms with E-state index in [2.05, 4.69) is 26.0 Å². The van der Waals surface area contributed by atoms with Crippen molar-refractivity contribution in [1.29, 1.82) is 0 Å². The van der Waals surface area contributed by atoms with Gasteiger partial charge in [0.25, 0.3) is 0 Å². The molecule has 4 rings (SSSR count). The minimum Gasteiger partial charge on any atom is -0.512 e. The van der Waals surface area contributed by atoms with Crippen molar-refractivity contribution in [3.63, 3.8) is 0 Å². The third-order valence-corrected chi connectivity index (χ3v) is 7.76. The van der Waals surface area contributed by atoms with E-state index in [1.807, 2.05) is 0 Å². The first-order chi connectivity index (χ1) is 10.3. The lowest BCUT2D eigenvalue weighted by Crippen LogP contribution is -2.54. The number of rotatable bonds is 0. The molecule has 0 saturated heterocycles. The van der Waals surface area contributed by atoms with E-state index >= 15 is 0 Å². The summed E-state index contributed by atoms with van der Waals surface area (Å²) in [5, 5.41) is 10.3. The molecule has 3 heteroatoms. The van der Waals surface area contributed by atoms with Crippen LogP contribution in [0.1, 0.15) is 58.8 Å². The van der Waals surface area contributed by atoms with Gasteiger partial charge in [-0.05, 0) is 67.8 Å². The zero-order valence-electron chi connectivity index (χ0n) is 13.9. The van der Waals surface area contributed by atoms with Crippen LogP contribution in [0, 0.1) is 28.6 Å². The third-order valence-electron chi connectivity index (χ3n) is 7.76. The van der Waals surface area contributed by atoms with Gasteiger partial charge >= 0.3 is 0 Å². The Morgan fingerprint density at radius 1 is 1.09 bits per heavy atom. The van der Waals surface area contributed by atoms with Crippen LogP contribution in [0.15, 0.2) is 23.5 Å². The van der Waals surface area contributed by atoms with Crippen molar-refractivity contribution in [2.75, 3.05) is 0 Å². The van der Waals surface area contributed by atoms with Gasteiger partial charge in [0.1, 0.15) is 0 Å². The molecule has 0 aromatic rings. The Morgan fingerprint density at radius 2 is 1.86 bits per heavy atom. The Labute approximate surface area is 133 Å². The third kappa shape index (κ3) is 1.81. The van der Waals surface area contributed by atoms with Crippen molar-refractivity contribution in [2.24, 2.45) is 34.3 Å². The lowest BCUT2D eigenvalue weighted by Gasteiger charge is -2.58. The second-order valence-electron chi connectivity index (χ2n) is 8.87. The second-order valence-corrected chi connectivity index (χ2v) is 8.87. The standard InChI is InChI=1S/C19H29N2O/c1-17-9-10-19(20,21)11-12(17)3-4-13-14-5-6-16(22)18(14,2)8-7-15(13)17/h3,6,13-15,20,22H,4-5,7-11,21H2,1-2H3/t13?,14?,15?,17-,18-,19-/m0/s1. The molecule has 2 saturated carbocycles. The van der Waals surface area contributed by atoms with E-state index < -0.39 is 5.66 Å². The summed E-state index contributed by atoms with van der Waals surface area (Å²) >= 11 is 0. The molecule has 6 atom stereocenters. The second kappa shape index (κ2) is 4.39. The van der Waals surface area contributed by atoms with E-state index in [9.17, 15) is 5.11 Å². The predicted octanol–water partition coefficient (Wildman–Crippen LogP) is 3.94. The van der Waals surface area contributed by atoms with Gasteiger partial charge in [0.15, 0.2) is 0 Å². The Bertz CT molecular complexity index is 564. The summed E-state index contributed by atoms with van der Waals surface area (Å²) in [4.78, 5) is 0. The lowest BCUT2D eigenvalue weighted by atomic mass is 9.47. The van der Waals surface area contributed by atoms with Crippen molar-refractivity contribution in [1.82, 2.24) is 5.73 Å². The van der Waals surface area contributed by atoms with E-state index in [1.165, 1.54) is 12.0 Å². The van der Waals surface area contributed by atoms with Crippen molar-refractivity contribution in [2.45, 2.75) is 64.5 Å². The molecule has 0 aromatic carbocycles. The maximum Gasteiger partial charge on any atom is 0.0944 e. The molecule has 0 spiro atoms. The number of aliphatic hydroxyl groups excluding tert-OH is 1. The van der Waals surface area contributed by atoms with Crippen LogP contribution in [0.5, 0.6) is 0 Å². The number of aliphatic hydroxyl groups is 1. The van der Waals surface area contributed by atoms with E-state index in [-0.39, 0.29) is 10.8 Å². The fourth-order valence-corrected chi connectivity index (χ4v) is 6.23. The van der Waals surface area contributed by atoms with Crippen molar-refractivity contribution >= 4 is 0 Å². The van der Waals surface area contributed by atoms with Gasteiger partial charge in [0, 0.05) is 11.8 Å². The van der Waals surface area contributed by atoms with Crippen LogP contribution in [-0.4, -0.2) is 10.8 Å². The summed E-state index contributed by atoms with van der Waals surface area (Å²) in [5.74, 6) is 2.64. The van der Waals surface area contributed by atoms with Crippen molar-refractivity contribution < 1.29 is 5.11 Å². The summed E-state index contributed by atoms with van der Waals surface area (Å²) < 4.78 is 0. The van der Waals surface area contributed by atoms with Crippen LogP contribution in [-0.2, 0) is 0 Å². The Morgan fingerprint density at radius 3 is 2.64 bits per heavy atom. The first-order valence-corrected chi connectivity index (χ1v) is 8.89. The fraction of sp³-hybridized carbons (Fsp3) is 0.789. The molecule has 4 N–H and O–H groups in total.